The highest BCUT2D eigenvalue weighted by molar-refractivity contribution is 6.39. The van der Waals surface area contributed by atoms with Crippen LogP contribution in [0.5, 0.6) is 0 Å². The van der Waals surface area contributed by atoms with Crippen LogP contribution in [0.1, 0.15) is 36.5 Å². The van der Waals surface area contributed by atoms with Gasteiger partial charge in [0.15, 0.2) is 0 Å². The molecule has 0 radical (unpaired) electrons. The first-order valence-electron chi connectivity index (χ1n) is 5.92. The van der Waals surface area contributed by atoms with Crippen LogP contribution in [0.3, 0.4) is 0 Å². The fourth-order valence-corrected chi connectivity index (χ4v) is 2.33. The molecule has 6 heteroatoms. The molecule has 2 N–H and O–H groups in total. The molecule has 0 bridgehead atoms. The van der Waals surface area contributed by atoms with E-state index < -0.39 is 17.9 Å². The van der Waals surface area contributed by atoms with Crippen LogP contribution in [0.25, 0.3) is 0 Å². The van der Waals surface area contributed by atoms with Crippen molar-refractivity contribution in [3.8, 4) is 0 Å². The lowest BCUT2D eigenvalue weighted by atomic mass is 10.1. The number of carboxylic acids is 1. The summed E-state index contributed by atoms with van der Waals surface area (Å²) >= 11 is 11.9. The predicted molar refractivity (Wildman–Crippen MR) is 74.9 cm³/mol. The summed E-state index contributed by atoms with van der Waals surface area (Å²) in [5.74, 6) is -1.40. The second-order valence-electron chi connectivity index (χ2n) is 4.15. The van der Waals surface area contributed by atoms with Gasteiger partial charge in [0.2, 0.25) is 0 Å². The lowest BCUT2D eigenvalue weighted by Gasteiger charge is -2.17. The number of aliphatic carboxylic acids is 1. The average molecular weight is 304 g/mol. The zero-order valence-electron chi connectivity index (χ0n) is 10.5. The van der Waals surface area contributed by atoms with E-state index in [0.29, 0.717) is 6.42 Å². The van der Waals surface area contributed by atoms with Gasteiger partial charge in [-0.1, -0.05) is 42.6 Å². The van der Waals surface area contributed by atoms with Crippen LogP contribution in [0.2, 0.25) is 10.0 Å². The summed E-state index contributed by atoms with van der Waals surface area (Å²) in [6.07, 6.45) is 1.23. The predicted octanol–water partition coefficient (Wildman–Crippen LogP) is 3.37. The molecule has 0 aliphatic heterocycles. The van der Waals surface area contributed by atoms with E-state index in [9.17, 15) is 9.59 Å². The number of carbonyl (C=O) groups is 2. The smallest absolute Gasteiger partial charge is 0.305 e. The summed E-state index contributed by atoms with van der Waals surface area (Å²) in [5.41, 5.74) is 0.178. The number of hydrogen-bond donors (Lipinski definition) is 2. The molecule has 4 nitrogen and oxygen atoms in total. The lowest BCUT2D eigenvalue weighted by molar-refractivity contribution is -0.137. The van der Waals surface area contributed by atoms with E-state index in [1.54, 1.807) is 18.2 Å². The number of carboxylic acid groups (broad SMARTS) is 1. The molecule has 19 heavy (non-hydrogen) atoms. The van der Waals surface area contributed by atoms with Gasteiger partial charge >= 0.3 is 5.97 Å². The molecule has 1 amide bonds. The molecule has 1 aromatic rings. The van der Waals surface area contributed by atoms with Crippen molar-refractivity contribution in [1.29, 1.82) is 0 Å². The van der Waals surface area contributed by atoms with Crippen molar-refractivity contribution in [2.75, 3.05) is 0 Å². The van der Waals surface area contributed by atoms with Gasteiger partial charge in [-0.2, -0.15) is 0 Å². The van der Waals surface area contributed by atoms with E-state index in [4.69, 9.17) is 28.3 Å². The second-order valence-corrected chi connectivity index (χ2v) is 4.97. The van der Waals surface area contributed by atoms with Crippen molar-refractivity contribution in [1.82, 2.24) is 5.32 Å². The highest BCUT2D eigenvalue weighted by Crippen LogP contribution is 2.24. The minimum absolute atomic E-state index is 0.123. The summed E-state index contributed by atoms with van der Waals surface area (Å²) in [4.78, 5) is 22.8. The maximum atomic E-state index is 12.1. The van der Waals surface area contributed by atoms with Crippen molar-refractivity contribution in [3.63, 3.8) is 0 Å². The fraction of sp³-hybridized carbons (Fsp3) is 0.385. The molecule has 0 spiro atoms. The van der Waals surface area contributed by atoms with Crippen molar-refractivity contribution >= 4 is 35.1 Å². The Bertz CT molecular complexity index is 457. The molecule has 0 aromatic heterocycles. The summed E-state index contributed by atoms with van der Waals surface area (Å²) in [5, 5.41) is 12.0. The average Bonchev–Trinajstić information content (AvgIpc) is 2.27. The highest BCUT2D eigenvalue weighted by atomic mass is 35.5. The Morgan fingerprint density at radius 3 is 2.37 bits per heavy atom. The molecular weight excluding hydrogens is 289 g/mol. The molecule has 1 unspecified atom stereocenters. The monoisotopic (exact) mass is 303 g/mol. The number of amides is 1. The quantitative estimate of drug-likeness (QED) is 0.847. The Balaban J connectivity index is 2.84. The van der Waals surface area contributed by atoms with E-state index in [0.717, 1.165) is 6.42 Å². The van der Waals surface area contributed by atoms with Crippen LogP contribution in [-0.2, 0) is 4.79 Å². The maximum absolute atomic E-state index is 12.1. The van der Waals surface area contributed by atoms with E-state index in [1.807, 2.05) is 6.92 Å². The van der Waals surface area contributed by atoms with Gasteiger partial charge in [-0.15, -0.1) is 0 Å². The van der Waals surface area contributed by atoms with Crippen LogP contribution in [0, 0.1) is 0 Å². The molecule has 0 aliphatic carbocycles. The van der Waals surface area contributed by atoms with Gasteiger partial charge in [-0.25, -0.2) is 0 Å². The minimum atomic E-state index is -0.955. The van der Waals surface area contributed by atoms with Crippen LogP contribution in [-0.4, -0.2) is 23.0 Å². The standard InChI is InChI=1S/C13H15Cl2NO3/c1-2-4-8(7-11(17)18)16-13(19)12-9(14)5-3-6-10(12)15/h3,5-6,8H,2,4,7H2,1H3,(H,16,19)(H,17,18). The normalized spacial score (nSPS) is 11.9. The molecule has 0 fully saturated rings. The maximum Gasteiger partial charge on any atom is 0.305 e. The Labute approximate surface area is 121 Å². The third kappa shape index (κ3) is 4.73. The van der Waals surface area contributed by atoms with Gasteiger partial charge in [0, 0.05) is 6.04 Å². The Kier molecular flexibility index (Phi) is 6.12. The molecule has 1 atom stereocenters. The third-order valence-corrected chi connectivity index (χ3v) is 3.21. The number of rotatable bonds is 6. The number of benzene rings is 1. The zero-order chi connectivity index (χ0) is 14.4. The number of hydrogen-bond acceptors (Lipinski definition) is 2. The number of halogens is 2. The second kappa shape index (κ2) is 7.36. The number of nitrogens with one attached hydrogen (secondary N) is 1. The van der Waals surface area contributed by atoms with E-state index in [-0.39, 0.29) is 22.0 Å². The summed E-state index contributed by atoms with van der Waals surface area (Å²) in [6.45, 7) is 1.92. The van der Waals surface area contributed by atoms with Crippen LogP contribution < -0.4 is 5.32 Å². The topological polar surface area (TPSA) is 66.4 Å². The summed E-state index contributed by atoms with van der Waals surface area (Å²) in [7, 11) is 0. The van der Waals surface area contributed by atoms with E-state index in [1.165, 1.54) is 0 Å². The Hall–Kier alpha value is -1.26. The van der Waals surface area contributed by atoms with Crippen LogP contribution in [0.15, 0.2) is 18.2 Å². The Morgan fingerprint density at radius 2 is 1.89 bits per heavy atom. The SMILES string of the molecule is CCCC(CC(=O)O)NC(=O)c1c(Cl)cccc1Cl. The molecule has 104 valence electrons. The fourth-order valence-electron chi connectivity index (χ4n) is 1.76. The Morgan fingerprint density at radius 1 is 1.32 bits per heavy atom. The van der Waals surface area contributed by atoms with Gasteiger partial charge in [0.25, 0.3) is 5.91 Å². The van der Waals surface area contributed by atoms with E-state index in [2.05, 4.69) is 5.32 Å². The number of carbonyl (C=O) groups excluding carboxylic acids is 1. The van der Waals surface area contributed by atoms with Gasteiger partial charge in [0.1, 0.15) is 0 Å². The van der Waals surface area contributed by atoms with Crippen LogP contribution in [0.4, 0.5) is 0 Å². The zero-order valence-corrected chi connectivity index (χ0v) is 12.0. The minimum Gasteiger partial charge on any atom is -0.481 e. The van der Waals surface area contributed by atoms with Crippen molar-refractivity contribution in [2.45, 2.75) is 32.2 Å². The van der Waals surface area contributed by atoms with E-state index >= 15 is 0 Å². The van der Waals surface area contributed by atoms with Crippen LogP contribution >= 0.6 is 23.2 Å². The molecule has 1 aromatic carbocycles. The lowest BCUT2D eigenvalue weighted by Crippen LogP contribution is -2.36. The largest absolute Gasteiger partial charge is 0.481 e. The molecule has 0 aliphatic rings. The van der Waals surface area contributed by atoms with Gasteiger partial charge in [-0.3, -0.25) is 9.59 Å². The summed E-state index contributed by atoms with van der Waals surface area (Å²) < 4.78 is 0. The molecule has 0 heterocycles. The first-order valence-corrected chi connectivity index (χ1v) is 6.68. The van der Waals surface area contributed by atoms with Gasteiger partial charge in [0.05, 0.1) is 22.0 Å². The van der Waals surface area contributed by atoms with Crippen molar-refractivity contribution in [3.05, 3.63) is 33.8 Å². The first-order chi connectivity index (χ1) is 8.95. The van der Waals surface area contributed by atoms with Gasteiger partial charge in [-0.05, 0) is 18.6 Å². The molecular formula is C13H15Cl2NO3. The first kappa shape index (κ1) is 15.8. The van der Waals surface area contributed by atoms with Crippen molar-refractivity contribution in [2.24, 2.45) is 0 Å². The highest BCUT2D eigenvalue weighted by Gasteiger charge is 2.19. The van der Waals surface area contributed by atoms with Gasteiger partial charge < -0.3 is 10.4 Å². The van der Waals surface area contributed by atoms with Crippen molar-refractivity contribution < 1.29 is 14.7 Å². The molecule has 0 saturated heterocycles. The third-order valence-electron chi connectivity index (χ3n) is 2.58. The molecule has 0 saturated carbocycles. The summed E-state index contributed by atoms with van der Waals surface area (Å²) in [6, 6.07) is 4.34. The molecule has 1 rings (SSSR count).